The minimum absolute atomic E-state index is 0.750. The molecule has 1 aromatic rings. The summed E-state index contributed by atoms with van der Waals surface area (Å²) in [6.07, 6.45) is 2.98. The van der Waals surface area contributed by atoms with Gasteiger partial charge in [-0.05, 0) is 48.6 Å². The minimum atomic E-state index is 0.750. The molecular formula is C15H14. The van der Waals surface area contributed by atoms with Crippen LogP contribution in [0.25, 0.3) is 0 Å². The van der Waals surface area contributed by atoms with Crippen LogP contribution in [0.15, 0.2) is 30.3 Å². The first-order chi connectivity index (χ1) is 7.43. The lowest BCUT2D eigenvalue weighted by Crippen LogP contribution is -2.01. The standard InChI is InChI=1S/C15H14/c1-2-4-10(5-3-1)6-7-12-11-8-13-14(9-11)15(12)13/h1-5,11-15H,8-9H2/t11?,12-,13?,14?,15?/m1/s1. The monoisotopic (exact) mass is 194 g/mol. The van der Waals surface area contributed by atoms with Gasteiger partial charge >= 0.3 is 0 Å². The van der Waals surface area contributed by atoms with Gasteiger partial charge in [0.2, 0.25) is 0 Å². The predicted molar refractivity (Wildman–Crippen MR) is 60.0 cm³/mol. The van der Waals surface area contributed by atoms with Gasteiger partial charge in [-0.1, -0.05) is 30.0 Å². The first-order valence-electron chi connectivity index (χ1n) is 6.00. The van der Waals surface area contributed by atoms with Crippen molar-refractivity contribution in [3.63, 3.8) is 0 Å². The van der Waals surface area contributed by atoms with Crippen molar-refractivity contribution < 1.29 is 0 Å². The van der Waals surface area contributed by atoms with Crippen molar-refractivity contribution in [2.45, 2.75) is 12.8 Å². The van der Waals surface area contributed by atoms with Crippen LogP contribution in [0.1, 0.15) is 18.4 Å². The van der Waals surface area contributed by atoms with Crippen molar-refractivity contribution in [3.8, 4) is 11.8 Å². The molecule has 0 saturated heterocycles. The van der Waals surface area contributed by atoms with Gasteiger partial charge in [0.1, 0.15) is 0 Å². The van der Waals surface area contributed by atoms with Crippen molar-refractivity contribution in [2.24, 2.45) is 29.6 Å². The lowest BCUT2D eigenvalue weighted by Gasteiger charge is -2.05. The molecule has 0 N–H and O–H groups in total. The van der Waals surface area contributed by atoms with Crippen LogP contribution in [0.5, 0.6) is 0 Å². The molecule has 4 fully saturated rings. The largest absolute Gasteiger partial charge is 0.0939 e. The summed E-state index contributed by atoms with van der Waals surface area (Å²) in [6.45, 7) is 0. The molecule has 0 spiro atoms. The molecule has 0 aromatic heterocycles. The molecule has 3 atom stereocenters. The maximum Gasteiger partial charge on any atom is 0.0268 e. The van der Waals surface area contributed by atoms with E-state index in [1.54, 1.807) is 0 Å². The van der Waals surface area contributed by atoms with E-state index in [-0.39, 0.29) is 0 Å². The van der Waals surface area contributed by atoms with Crippen molar-refractivity contribution in [2.75, 3.05) is 0 Å². The van der Waals surface area contributed by atoms with Crippen LogP contribution in [0.4, 0.5) is 0 Å². The second kappa shape index (κ2) is 2.67. The molecule has 0 aliphatic heterocycles. The quantitative estimate of drug-likeness (QED) is 0.557. The van der Waals surface area contributed by atoms with Gasteiger partial charge in [0, 0.05) is 11.5 Å². The summed E-state index contributed by atoms with van der Waals surface area (Å²) in [5.74, 6) is 11.8. The third-order valence-corrected chi connectivity index (χ3v) is 4.63. The molecule has 0 radical (unpaired) electrons. The third kappa shape index (κ3) is 1.04. The lowest BCUT2D eigenvalue weighted by atomic mass is 9.98. The van der Waals surface area contributed by atoms with Crippen molar-refractivity contribution in [1.29, 1.82) is 0 Å². The Labute approximate surface area is 90.7 Å². The number of hydrogen-bond acceptors (Lipinski definition) is 0. The summed E-state index contributed by atoms with van der Waals surface area (Å²) in [4.78, 5) is 0. The van der Waals surface area contributed by atoms with Gasteiger partial charge < -0.3 is 0 Å². The number of hydrogen-bond donors (Lipinski definition) is 0. The molecule has 5 rings (SSSR count). The van der Waals surface area contributed by atoms with Crippen molar-refractivity contribution in [1.82, 2.24) is 0 Å². The zero-order chi connectivity index (χ0) is 9.83. The second-order valence-electron chi connectivity index (χ2n) is 5.30. The first kappa shape index (κ1) is 7.99. The Kier molecular flexibility index (Phi) is 1.42. The molecule has 0 heteroatoms. The molecule has 1 aromatic carbocycles. The predicted octanol–water partition coefficient (Wildman–Crippen LogP) is 2.94. The van der Waals surface area contributed by atoms with Crippen LogP contribution >= 0.6 is 0 Å². The van der Waals surface area contributed by atoms with Crippen LogP contribution in [0.3, 0.4) is 0 Å². The summed E-state index contributed by atoms with van der Waals surface area (Å²) >= 11 is 0. The highest BCUT2D eigenvalue weighted by Gasteiger charge is 2.67. The topological polar surface area (TPSA) is 0 Å². The molecule has 0 nitrogen and oxygen atoms in total. The summed E-state index contributed by atoms with van der Waals surface area (Å²) < 4.78 is 0. The average molecular weight is 194 g/mol. The van der Waals surface area contributed by atoms with Gasteiger partial charge in [-0.2, -0.15) is 0 Å². The summed E-state index contributed by atoms with van der Waals surface area (Å²) in [7, 11) is 0. The summed E-state index contributed by atoms with van der Waals surface area (Å²) in [6, 6.07) is 10.4. The van der Waals surface area contributed by atoms with Gasteiger partial charge in [0.25, 0.3) is 0 Å². The summed E-state index contributed by atoms with van der Waals surface area (Å²) in [5, 5.41) is 0. The maximum absolute atomic E-state index is 3.53. The molecule has 0 heterocycles. The van der Waals surface area contributed by atoms with E-state index < -0.39 is 0 Å². The van der Waals surface area contributed by atoms with Crippen molar-refractivity contribution >= 4 is 0 Å². The van der Waals surface area contributed by atoms with Crippen LogP contribution < -0.4 is 0 Å². The van der Waals surface area contributed by atoms with Gasteiger partial charge in [-0.25, -0.2) is 0 Å². The van der Waals surface area contributed by atoms with Gasteiger partial charge in [0.15, 0.2) is 0 Å². The average Bonchev–Trinajstić information content (AvgIpc) is 2.71. The first-order valence-corrected chi connectivity index (χ1v) is 6.00. The van der Waals surface area contributed by atoms with Crippen LogP contribution in [-0.2, 0) is 0 Å². The Morgan fingerprint density at radius 1 is 1.00 bits per heavy atom. The lowest BCUT2D eigenvalue weighted by molar-refractivity contribution is 0.513. The Balaban J connectivity index is 1.60. The zero-order valence-corrected chi connectivity index (χ0v) is 8.69. The van der Waals surface area contributed by atoms with E-state index in [4.69, 9.17) is 0 Å². The Hall–Kier alpha value is -1.22. The van der Waals surface area contributed by atoms with E-state index in [2.05, 4.69) is 42.2 Å². The van der Waals surface area contributed by atoms with E-state index >= 15 is 0 Å². The second-order valence-corrected chi connectivity index (χ2v) is 5.30. The maximum atomic E-state index is 3.53. The summed E-state index contributed by atoms with van der Waals surface area (Å²) in [5.41, 5.74) is 1.18. The molecule has 4 bridgehead atoms. The van der Waals surface area contributed by atoms with Crippen LogP contribution in [0.2, 0.25) is 0 Å². The van der Waals surface area contributed by atoms with Crippen molar-refractivity contribution in [3.05, 3.63) is 35.9 Å². The fourth-order valence-corrected chi connectivity index (χ4v) is 3.98. The molecule has 4 saturated carbocycles. The van der Waals surface area contributed by atoms with E-state index in [0.717, 1.165) is 29.6 Å². The number of rotatable bonds is 0. The minimum Gasteiger partial charge on any atom is -0.0939 e. The van der Waals surface area contributed by atoms with Gasteiger partial charge in [0.05, 0.1) is 0 Å². The molecule has 74 valence electrons. The van der Waals surface area contributed by atoms with Crippen LogP contribution in [0, 0.1) is 41.4 Å². The van der Waals surface area contributed by atoms with Gasteiger partial charge in [-0.3, -0.25) is 0 Å². The molecule has 2 unspecified atom stereocenters. The van der Waals surface area contributed by atoms with Gasteiger partial charge in [-0.15, -0.1) is 0 Å². The highest BCUT2D eigenvalue weighted by Crippen LogP contribution is 2.73. The number of benzene rings is 1. The van der Waals surface area contributed by atoms with Crippen LogP contribution in [-0.4, -0.2) is 0 Å². The highest BCUT2D eigenvalue weighted by molar-refractivity contribution is 5.36. The fraction of sp³-hybridized carbons (Fsp3) is 0.467. The smallest absolute Gasteiger partial charge is 0.0268 e. The van der Waals surface area contributed by atoms with E-state index in [9.17, 15) is 0 Å². The molecule has 4 aliphatic rings. The molecule has 15 heavy (non-hydrogen) atoms. The SMILES string of the molecule is C(#C[C@@H]1C2CC3C(C2)C31)c1ccccc1. The highest BCUT2D eigenvalue weighted by atomic mass is 14.7. The molecule has 0 amide bonds. The van der Waals surface area contributed by atoms with E-state index in [1.807, 2.05) is 0 Å². The fourth-order valence-electron chi connectivity index (χ4n) is 3.98. The Morgan fingerprint density at radius 2 is 1.73 bits per heavy atom. The van der Waals surface area contributed by atoms with E-state index in [0.29, 0.717) is 0 Å². The Morgan fingerprint density at radius 3 is 2.33 bits per heavy atom. The third-order valence-electron chi connectivity index (χ3n) is 4.63. The van der Waals surface area contributed by atoms with E-state index in [1.165, 1.54) is 18.4 Å². The molecule has 4 aliphatic carbocycles. The Bertz CT molecular complexity index is 434. The molecular weight excluding hydrogens is 180 g/mol. The normalized spacial score (nSPS) is 43.6. The zero-order valence-electron chi connectivity index (χ0n) is 8.69.